The molecule has 2 N–H and O–H groups in total. The first kappa shape index (κ1) is 22.8. The molecule has 4 rings (SSSR count). The lowest BCUT2D eigenvalue weighted by molar-refractivity contribution is 0.0951. The van der Waals surface area contributed by atoms with Gasteiger partial charge in [0.15, 0.2) is 0 Å². The lowest BCUT2D eigenvalue weighted by atomic mass is 9.99. The molecule has 6 nitrogen and oxygen atoms in total. The average Bonchev–Trinajstić information content (AvgIpc) is 3.32. The maximum atomic E-state index is 12.8. The summed E-state index contributed by atoms with van der Waals surface area (Å²) >= 11 is 0. The van der Waals surface area contributed by atoms with E-state index >= 15 is 0 Å². The second kappa shape index (κ2) is 12.0. The van der Waals surface area contributed by atoms with Crippen LogP contribution in [0.3, 0.4) is 0 Å². The smallest absolute Gasteiger partial charge is 0.251 e. The topological polar surface area (TPSA) is 62.8 Å². The highest BCUT2D eigenvalue weighted by atomic mass is 16.5. The van der Waals surface area contributed by atoms with Crippen molar-refractivity contribution in [2.45, 2.75) is 32.2 Å². The van der Waals surface area contributed by atoms with Crippen molar-refractivity contribution in [1.29, 1.82) is 0 Å². The van der Waals surface area contributed by atoms with E-state index in [1.807, 2.05) is 18.2 Å². The Morgan fingerprint density at radius 1 is 1.03 bits per heavy atom. The minimum absolute atomic E-state index is 0.0186. The number of hydrogen-bond acceptors (Lipinski definition) is 5. The molecular formula is C26H35N3O3. The first-order valence-electron chi connectivity index (χ1n) is 11.9. The van der Waals surface area contributed by atoms with Crippen LogP contribution in [-0.4, -0.2) is 63.4 Å². The van der Waals surface area contributed by atoms with Gasteiger partial charge in [-0.1, -0.05) is 24.3 Å². The van der Waals surface area contributed by atoms with Crippen LogP contribution >= 0.6 is 0 Å². The van der Waals surface area contributed by atoms with Crippen LogP contribution in [0.4, 0.5) is 0 Å². The van der Waals surface area contributed by atoms with Crippen LogP contribution in [0.5, 0.6) is 5.75 Å². The molecule has 0 atom stereocenters. The first-order chi connectivity index (χ1) is 15.8. The Bertz CT molecular complexity index is 880. The van der Waals surface area contributed by atoms with Crippen molar-refractivity contribution in [3.8, 4) is 5.75 Å². The van der Waals surface area contributed by atoms with Gasteiger partial charge in [-0.15, -0.1) is 0 Å². The van der Waals surface area contributed by atoms with Crippen LogP contribution in [0.1, 0.15) is 46.3 Å². The lowest BCUT2D eigenvalue weighted by Gasteiger charge is -2.16. The summed E-state index contributed by atoms with van der Waals surface area (Å²) in [6.07, 6.45) is 4.31. The van der Waals surface area contributed by atoms with Gasteiger partial charge in [0.2, 0.25) is 0 Å². The third-order valence-corrected chi connectivity index (χ3v) is 6.08. The zero-order valence-electron chi connectivity index (χ0n) is 18.9. The van der Waals surface area contributed by atoms with Crippen molar-refractivity contribution in [3.05, 3.63) is 64.7 Å². The Kier molecular flexibility index (Phi) is 8.54. The van der Waals surface area contributed by atoms with Crippen molar-refractivity contribution in [3.63, 3.8) is 0 Å². The number of nitrogens with one attached hydrogen (secondary N) is 2. The third kappa shape index (κ3) is 6.79. The van der Waals surface area contributed by atoms with E-state index in [4.69, 9.17) is 9.47 Å². The summed E-state index contributed by atoms with van der Waals surface area (Å²) in [5.74, 6) is 0.801. The molecular weight excluding hydrogens is 402 g/mol. The molecule has 2 aromatic rings. The Morgan fingerprint density at radius 3 is 2.81 bits per heavy atom. The van der Waals surface area contributed by atoms with Crippen molar-refractivity contribution in [2.75, 3.05) is 52.5 Å². The largest absolute Gasteiger partial charge is 0.491 e. The molecule has 2 aliphatic heterocycles. The molecule has 0 aliphatic carbocycles. The fourth-order valence-electron chi connectivity index (χ4n) is 4.37. The predicted octanol–water partition coefficient (Wildman–Crippen LogP) is 2.99. The maximum Gasteiger partial charge on any atom is 0.251 e. The van der Waals surface area contributed by atoms with Crippen LogP contribution in [0.15, 0.2) is 42.5 Å². The Labute approximate surface area is 191 Å². The molecule has 2 aliphatic rings. The molecule has 6 heteroatoms. The van der Waals surface area contributed by atoms with Gasteiger partial charge in [-0.3, -0.25) is 4.79 Å². The van der Waals surface area contributed by atoms with Gasteiger partial charge in [-0.25, -0.2) is 0 Å². The molecule has 172 valence electrons. The molecule has 2 aromatic carbocycles. The van der Waals surface area contributed by atoms with E-state index in [0.29, 0.717) is 31.9 Å². The minimum atomic E-state index is -0.0186. The van der Waals surface area contributed by atoms with Crippen LogP contribution in [0.25, 0.3) is 0 Å². The molecule has 2 bridgehead atoms. The van der Waals surface area contributed by atoms with Gasteiger partial charge in [0.1, 0.15) is 12.4 Å². The fourth-order valence-corrected chi connectivity index (χ4v) is 4.37. The second-order valence-corrected chi connectivity index (χ2v) is 8.62. The predicted molar refractivity (Wildman–Crippen MR) is 126 cm³/mol. The SMILES string of the molecule is O=C(NCCCN1CCCC1)c1ccc2c(c1)Cc1cccc(c1)CNCCOCCO2. The van der Waals surface area contributed by atoms with E-state index in [9.17, 15) is 4.79 Å². The van der Waals surface area contributed by atoms with E-state index in [0.717, 1.165) is 43.8 Å². The molecule has 32 heavy (non-hydrogen) atoms. The summed E-state index contributed by atoms with van der Waals surface area (Å²) < 4.78 is 11.7. The standard InChI is InChI=1S/C26H35N3O3/c30-26(28-9-4-13-29-11-1-2-12-29)23-7-8-25-24(19-23)18-21-5-3-6-22(17-21)20-27-10-14-31-15-16-32-25/h3,5-8,17,19,27H,1-2,4,9-16,18,20H2,(H,28,30). The van der Waals surface area contributed by atoms with Gasteiger partial charge in [-0.2, -0.15) is 0 Å². The third-order valence-electron chi connectivity index (χ3n) is 6.08. The van der Waals surface area contributed by atoms with Gasteiger partial charge in [0.25, 0.3) is 5.91 Å². The van der Waals surface area contributed by atoms with Crippen LogP contribution in [0.2, 0.25) is 0 Å². The van der Waals surface area contributed by atoms with E-state index in [2.05, 4.69) is 39.8 Å². The number of nitrogens with zero attached hydrogens (tertiary/aromatic N) is 1. The monoisotopic (exact) mass is 437 g/mol. The Balaban J connectivity index is 1.43. The molecule has 1 fully saturated rings. The number of carbonyl (C=O) groups is 1. The Morgan fingerprint density at radius 2 is 1.91 bits per heavy atom. The number of hydrogen-bond donors (Lipinski definition) is 2. The summed E-state index contributed by atoms with van der Waals surface area (Å²) in [5, 5.41) is 6.50. The molecule has 0 unspecified atom stereocenters. The number of benzene rings is 2. The highest BCUT2D eigenvalue weighted by molar-refractivity contribution is 5.94. The van der Waals surface area contributed by atoms with E-state index in [1.165, 1.54) is 37.1 Å². The number of rotatable bonds is 5. The second-order valence-electron chi connectivity index (χ2n) is 8.62. The van der Waals surface area contributed by atoms with Crippen molar-refractivity contribution in [2.24, 2.45) is 0 Å². The summed E-state index contributed by atoms with van der Waals surface area (Å²) in [7, 11) is 0. The summed E-state index contributed by atoms with van der Waals surface area (Å²) in [6.45, 7) is 7.49. The Hall–Kier alpha value is -2.41. The van der Waals surface area contributed by atoms with Gasteiger partial charge in [0, 0.05) is 31.6 Å². The fraction of sp³-hybridized carbons (Fsp3) is 0.500. The first-order valence-corrected chi connectivity index (χ1v) is 11.9. The highest BCUT2D eigenvalue weighted by Gasteiger charge is 2.13. The zero-order chi connectivity index (χ0) is 22.0. The van der Waals surface area contributed by atoms with Crippen LogP contribution in [-0.2, 0) is 17.7 Å². The van der Waals surface area contributed by atoms with E-state index in [-0.39, 0.29) is 5.91 Å². The van der Waals surface area contributed by atoms with Crippen molar-refractivity contribution < 1.29 is 14.3 Å². The number of carbonyl (C=O) groups excluding carboxylic acids is 1. The van der Waals surface area contributed by atoms with Gasteiger partial charge in [-0.05, 0) is 73.8 Å². The minimum Gasteiger partial charge on any atom is -0.491 e. The molecule has 2 heterocycles. The van der Waals surface area contributed by atoms with Gasteiger partial charge < -0.3 is 25.0 Å². The van der Waals surface area contributed by atoms with Crippen molar-refractivity contribution in [1.82, 2.24) is 15.5 Å². The van der Waals surface area contributed by atoms with Crippen LogP contribution in [0, 0.1) is 0 Å². The summed E-state index contributed by atoms with van der Waals surface area (Å²) in [6, 6.07) is 14.3. The quantitative estimate of drug-likeness (QED) is 0.704. The van der Waals surface area contributed by atoms with Gasteiger partial charge >= 0.3 is 0 Å². The molecule has 1 amide bonds. The average molecular weight is 438 g/mol. The number of likely N-dealkylation sites (tertiary alicyclic amines) is 1. The normalized spacial score (nSPS) is 17.8. The molecule has 0 saturated carbocycles. The lowest BCUT2D eigenvalue weighted by Crippen LogP contribution is -2.28. The zero-order valence-corrected chi connectivity index (χ0v) is 18.9. The maximum absolute atomic E-state index is 12.8. The molecule has 1 saturated heterocycles. The number of fused-ring (bicyclic) bond motifs is 3. The molecule has 0 radical (unpaired) electrons. The summed E-state index contributed by atoms with van der Waals surface area (Å²) in [4.78, 5) is 15.2. The van der Waals surface area contributed by atoms with Crippen molar-refractivity contribution >= 4 is 5.91 Å². The molecule has 0 aromatic heterocycles. The summed E-state index contributed by atoms with van der Waals surface area (Å²) in [5.41, 5.74) is 4.17. The van der Waals surface area contributed by atoms with E-state index < -0.39 is 0 Å². The highest BCUT2D eigenvalue weighted by Crippen LogP contribution is 2.24. The van der Waals surface area contributed by atoms with Gasteiger partial charge in [0.05, 0.1) is 13.2 Å². The van der Waals surface area contributed by atoms with Crippen LogP contribution < -0.4 is 15.4 Å². The number of ether oxygens (including phenoxy) is 2. The molecule has 0 spiro atoms. The number of amides is 1. The van der Waals surface area contributed by atoms with E-state index in [1.54, 1.807) is 0 Å².